The lowest BCUT2D eigenvalue weighted by Crippen LogP contribution is -2.43. The number of fused-ring (bicyclic) bond motifs is 1. The van der Waals surface area contributed by atoms with E-state index in [2.05, 4.69) is 15.3 Å². The molecule has 1 aromatic heterocycles. The van der Waals surface area contributed by atoms with Crippen molar-refractivity contribution in [3.63, 3.8) is 0 Å². The molecule has 2 amide bonds. The zero-order valence-electron chi connectivity index (χ0n) is 19.8. The molecule has 10 heteroatoms. The number of amides is 2. The van der Waals surface area contributed by atoms with Crippen LogP contribution in [0.15, 0.2) is 18.2 Å². The number of carbonyl (C=O) groups excluding carboxylic acids is 2. The molecule has 5 N–H and O–H groups in total. The molecule has 8 nitrogen and oxygen atoms in total. The number of hydrogen-bond acceptors (Lipinski definition) is 5. The number of nitrogens with two attached hydrogens (primary N) is 2. The topological polar surface area (TPSA) is 119 Å². The maximum Gasteiger partial charge on any atom is 0.261 e. The summed E-state index contributed by atoms with van der Waals surface area (Å²) in [5.41, 5.74) is 13.3. The molecule has 2 aliphatic carbocycles. The maximum atomic E-state index is 13.5. The van der Waals surface area contributed by atoms with Crippen LogP contribution < -0.4 is 16.8 Å². The van der Waals surface area contributed by atoms with Crippen molar-refractivity contribution in [3.05, 3.63) is 40.3 Å². The van der Waals surface area contributed by atoms with Gasteiger partial charge in [0.15, 0.2) is 0 Å². The van der Waals surface area contributed by atoms with Crippen LogP contribution in [0.1, 0.15) is 60.5 Å². The van der Waals surface area contributed by atoms with Gasteiger partial charge in [0.05, 0.1) is 10.7 Å². The first-order valence-electron chi connectivity index (χ1n) is 12.3. The van der Waals surface area contributed by atoms with Gasteiger partial charge in [-0.05, 0) is 81.6 Å². The van der Waals surface area contributed by atoms with Crippen molar-refractivity contribution in [1.29, 1.82) is 0 Å². The lowest BCUT2D eigenvalue weighted by atomic mass is 9.92. The standard InChI is InChI=1S/C25H32ClFN6O2/c1-32-23(28)21(25(35)30-17-2-3-20(27)19(26)12-17)22(31-32)16-8-14-10-18(11-15(14)9-16)33-6-4-13(5-7-33)24(29)34/h2-3,12-16,18H,4-11,28H2,1H3,(H2,29,34)(H,30,35). The van der Waals surface area contributed by atoms with E-state index >= 15 is 0 Å². The monoisotopic (exact) mass is 502 g/mol. The summed E-state index contributed by atoms with van der Waals surface area (Å²) < 4.78 is 15.1. The lowest BCUT2D eigenvalue weighted by molar-refractivity contribution is -0.123. The van der Waals surface area contributed by atoms with Crippen molar-refractivity contribution in [1.82, 2.24) is 14.7 Å². The number of nitrogens with zero attached hydrogens (tertiary/aromatic N) is 3. The van der Waals surface area contributed by atoms with E-state index in [4.69, 9.17) is 23.1 Å². The highest BCUT2D eigenvalue weighted by Crippen LogP contribution is 2.52. The Morgan fingerprint density at radius 2 is 1.80 bits per heavy atom. The van der Waals surface area contributed by atoms with E-state index in [0.717, 1.165) is 57.3 Å². The molecule has 2 unspecified atom stereocenters. The zero-order chi connectivity index (χ0) is 24.9. The number of halogens is 2. The SMILES string of the molecule is Cn1nc(C2CC3CC(N4CCC(C(N)=O)CC4)CC3C2)c(C(=O)Nc2ccc(F)c(Cl)c2)c1N. The number of aryl methyl sites for hydroxylation is 1. The van der Waals surface area contributed by atoms with Gasteiger partial charge in [0.2, 0.25) is 5.91 Å². The zero-order valence-corrected chi connectivity index (χ0v) is 20.6. The predicted molar refractivity (Wildman–Crippen MR) is 132 cm³/mol. The number of anilines is 2. The first kappa shape index (κ1) is 24.1. The molecule has 0 radical (unpaired) electrons. The Kier molecular flexibility index (Phi) is 6.48. The van der Waals surface area contributed by atoms with E-state index in [1.165, 1.54) is 18.2 Å². The first-order chi connectivity index (χ1) is 16.7. The van der Waals surface area contributed by atoms with Gasteiger partial charge < -0.3 is 21.7 Å². The Balaban J connectivity index is 1.25. The maximum absolute atomic E-state index is 13.5. The molecule has 3 aliphatic rings. The molecule has 2 heterocycles. The predicted octanol–water partition coefficient (Wildman–Crippen LogP) is 3.52. The second-order valence-electron chi connectivity index (χ2n) is 10.4. The van der Waals surface area contributed by atoms with Gasteiger partial charge >= 0.3 is 0 Å². The molecule has 35 heavy (non-hydrogen) atoms. The van der Waals surface area contributed by atoms with Crippen molar-refractivity contribution in [2.24, 2.45) is 30.5 Å². The molecule has 188 valence electrons. The fourth-order valence-electron chi connectivity index (χ4n) is 6.50. The van der Waals surface area contributed by atoms with Crippen LogP contribution in [-0.4, -0.2) is 45.6 Å². The molecular formula is C25H32ClFN6O2. The molecule has 2 aromatic rings. The third-order valence-electron chi connectivity index (χ3n) is 8.35. The normalized spacial score (nSPS) is 27.2. The van der Waals surface area contributed by atoms with Crippen LogP contribution in [0.2, 0.25) is 5.02 Å². The Morgan fingerprint density at radius 1 is 1.14 bits per heavy atom. The van der Waals surface area contributed by atoms with Crippen LogP contribution in [-0.2, 0) is 11.8 Å². The average Bonchev–Trinajstić information content (AvgIpc) is 3.48. The van der Waals surface area contributed by atoms with Gasteiger partial charge in [0, 0.05) is 30.6 Å². The van der Waals surface area contributed by atoms with Crippen molar-refractivity contribution >= 4 is 34.9 Å². The molecule has 2 saturated carbocycles. The van der Waals surface area contributed by atoms with Gasteiger partial charge in [-0.1, -0.05) is 11.6 Å². The number of rotatable bonds is 5. The van der Waals surface area contributed by atoms with Gasteiger partial charge in [0.25, 0.3) is 5.91 Å². The number of benzene rings is 1. The van der Waals surface area contributed by atoms with E-state index in [0.29, 0.717) is 34.9 Å². The highest BCUT2D eigenvalue weighted by molar-refractivity contribution is 6.31. The van der Waals surface area contributed by atoms with Crippen LogP contribution >= 0.6 is 11.6 Å². The van der Waals surface area contributed by atoms with Crippen LogP contribution in [0.4, 0.5) is 15.9 Å². The quantitative estimate of drug-likeness (QED) is 0.578. The summed E-state index contributed by atoms with van der Waals surface area (Å²) in [6.45, 7) is 1.88. The van der Waals surface area contributed by atoms with Crippen LogP contribution in [0, 0.1) is 23.6 Å². The first-order valence-corrected chi connectivity index (χ1v) is 12.7. The molecule has 1 saturated heterocycles. The van der Waals surface area contributed by atoms with Crippen molar-refractivity contribution in [3.8, 4) is 0 Å². The highest BCUT2D eigenvalue weighted by Gasteiger charge is 2.46. The van der Waals surface area contributed by atoms with Gasteiger partial charge in [0.1, 0.15) is 17.2 Å². The van der Waals surface area contributed by atoms with E-state index < -0.39 is 5.82 Å². The number of carbonyl (C=O) groups is 2. The summed E-state index contributed by atoms with van der Waals surface area (Å²) in [6, 6.07) is 4.63. The molecule has 0 bridgehead atoms. The Labute approximate surface area is 209 Å². The number of aromatic nitrogens is 2. The smallest absolute Gasteiger partial charge is 0.261 e. The van der Waals surface area contributed by atoms with Crippen molar-refractivity contribution in [2.75, 3.05) is 24.1 Å². The number of hydrogen-bond donors (Lipinski definition) is 3. The summed E-state index contributed by atoms with van der Waals surface area (Å²) in [7, 11) is 1.74. The second-order valence-corrected chi connectivity index (χ2v) is 10.8. The number of primary amides is 1. The van der Waals surface area contributed by atoms with Crippen molar-refractivity contribution < 1.29 is 14.0 Å². The van der Waals surface area contributed by atoms with E-state index in [1.807, 2.05) is 0 Å². The van der Waals surface area contributed by atoms with E-state index in [-0.39, 0.29) is 28.7 Å². The fraction of sp³-hybridized carbons (Fsp3) is 0.560. The third kappa shape index (κ3) is 4.63. The summed E-state index contributed by atoms with van der Waals surface area (Å²) in [5.74, 6) is 0.614. The molecule has 1 aromatic carbocycles. The third-order valence-corrected chi connectivity index (χ3v) is 8.64. The van der Waals surface area contributed by atoms with Crippen LogP contribution in [0.25, 0.3) is 0 Å². The Hall–Kier alpha value is -2.65. The number of likely N-dealkylation sites (tertiary alicyclic amines) is 1. The molecule has 3 fully saturated rings. The number of nitrogens with one attached hydrogen (secondary N) is 1. The molecule has 0 spiro atoms. The summed E-state index contributed by atoms with van der Waals surface area (Å²) in [5, 5.41) is 7.38. The van der Waals surface area contributed by atoms with E-state index in [9.17, 15) is 14.0 Å². The number of piperidine rings is 1. The molecular weight excluding hydrogens is 471 g/mol. The fourth-order valence-corrected chi connectivity index (χ4v) is 6.68. The van der Waals surface area contributed by atoms with Crippen LogP contribution in [0.5, 0.6) is 0 Å². The largest absolute Gasteiger partial charge is 0.383 e. The van der Waals surface area contributed by atoms with Crippen molar-refractivity contribution in [2.45, 2.75) is 50.5 Å². The average molecular weight is 503 g/mol. The Morgan fingerprint density at radius 3 is 2.40 bits per heavy atom. The lowest BCUT2D eigenvalue weighted by Gasteiger charge is -2.35. The van der Waals surface area contributed by atoms with Gasteiger partial charge in [-0.15, -0.1) is 0 Å². The molecule has 2 atom stereocenters. The molecule has 5 rings (SSSR count). The van der Waals surface area contributed by atoms with Gasteiger partial charge in [-0.2, -0.15) is 5.10 Å². The number of nitrogen functional groups attached to an aromatic ring is 1. The minimum absolute atomic E-state index is 0.0154. The highest BCUT2D eigenvalue weighted by atomic mass is 35.5. The van der Waals surface area contributed by atoms with E-state index in [1.54, 1.807) is 11.7 Å². The second kappa shape index (κ2) is 9.43. The van der Waals surface area contributed by atoms with Crippen LogP contribution in [0.3, 0.4) is 0 Å². The summed E-state index contributed by atoms with van der Waals surface area (Å²) in [4.78, 5) is 27.2. The van der Waals surface area contributed by atoms with Gasteiger partial charge in [-0.3, -0.25) is 14.3 Å². The van der Waals surface area contributed by atoms with Gasteiger partial charge in [-0.25, -0.2) is 4.39 Å². The summed E-state index contributed by atoms with van der Waals surface area (Å²) >= 11 is 5.87. The summed E-state index contributed by atoms with van der Waals surface area (Å²) in [6.07, 6.45) is 5.96. The minimum Gasteiger partial charge on any atom is -0.383 e. The molecule has 1 aliphatic heterocycles. The Bertz CT molecular complexity index is 1130. The minimum atomic E-state index is -0.542.